The van der Waals surface area contributed by atoms with Gasteiger partial charge in [-0.05, 0) is 67.1 Å². The zero-order chi connectivity index (χ0) is 20.1. The summed E-state index contributed by atoms with van der Waals surface area (Å²) in [5.74, 6) is 4.18. The highest BCUT2D eigenvalue weighted by molar-refractivity contribution is 5.82. The Hall–Kier alpha value is -3.06. The molecular formula is C21H26N4O3. The molecule has 0 spiro atoms. The van der Waals surface area contributed by atoms with Crippen molar-refractivity contribution in [2.45, 2.75) is 44.4 Å². The Morgan fingerprint density at radius 3 is 2.57 bits per heavy atom. The normalized spacial score (nSPS) is 20.2. The number of aryl methyl sites for hydroxylation is 1. The first-order chi connectivity index (χ1) is 13.5. The summed E-state index contributed by atoms with van der Waals surface area (Å²) in [7, 11) is 0. The van der Waals surface area contributed by atoms with Crippen LogP contribution in [0.15, 0.2) is 47.6 Å². The van der Waals surface area contributed by atoms with Crippen LogP contribution in [0.2, 0.25) is 0 Å². The average Bonchev–Trinajstić information content (AvgIpc) is 3.05. The zero-order valence-corrected chi connectivity index (χ0v) is 15.8. The lowest BCUT2D eigenvalue weighted by Crippen LogP contribution is -2.28. The first-order valence-electron chi connectivity index (χ1n) is 9.35. The lowest BCUT2D eigenvalue weighted by molar-refractivity contribution is -0.138. The van der Waals surface area contributed by atoms with Gasteiger partial charge >= 0.3 is 5.97 Å². The Morgan fingerprint density at radius 1 is 1.21 bits per heavy atom. The molecule has 2 aromatic rings. The molecule has 0 aromatic heterocycles. The SMILES string of the molecule is Cc1cc(NC2CCCC2O)cc(C(Nc2ccc(C=NN)cc2)C(=O)O)c1. The number of nitrogens with one attached hydrogen (secondary N) is 2. The molecule has 6 N–H and O–H groups in total. The maximum absolute atomic E-state index is 11.9. The topological polar surface area (TPSA) is 120 Å². The highest BCUT2D eigenvalue weighted by atomic mass is 16.4. The average molecular weight is 382 g/mol. The van der Waals surface area contributed by atoms with Gasteiger partial charge in [-0.2, -0.15) is 5.10 Å². The first kappa shape index (κ1) is 19.7. The van der Waals surface area contributed by atoms with Crippen LogP contribution in [0.4, 0.5) is 11.4 Å². The van der Waals surface area contributed by atoms with Gasteiger partial charge in [0.15, 0.2) is 6.04 Å². The number of rotatable bonds is 7. The van der Waals surface area contributed by atoms with Gasteiger partial charge in [0.25, 0.3) is 0 Å². The van der Waals surface area contributed by atoms with Crippen molar-refractivity contribution < 1.29 is 15.0 Å². The van der Waals surface area contributed by atoms with Crippen molar-refractivity contribution in [3.8, 4) is 0 Å². The van der Waals surface area contributed by atoms with E-state index < -0.39 is 12.0 Å². The van der Waals surface area contributed by atoms with Crippen LogP contribution >= 0.6 is 0 Å². The van der Waals surface area contributed by atoms with E-state index in [1.807, 2.05) is 37.3 Å². The van der Waals surface area contributed by atoms with E-state index in [1.54, 1.807) is 12.1 Å². The molecule has 2 aromatic carbocycles. The van der Waals surface area contributed by atoms with E-state index >= 15 is 0 Å². The molecular weight excluding hydrogens is 356 g/mol. The standard InChI is InChI=1S/C21H26N4O3/c1-13-9-15(11-17(10-13)24-18-3-2-4-19(18)26)20(21(27)28)25-16-7-5-14(6-8-16)12-23-22/h5-12,18-20,24-26H,2-4,22H2,1H3,(H,27,28). The van der Waals surface area contributed by atoms with Crippen LogP contribution in [0.5, 0.6) is 0 Å². The van der Waals surface area contributed by atoms with Crippen LogP contribution in [0.1, 0.15) is 42.0 Å². The molecule has 1 aliphatic rings. The molecule has 3 unspecified atom stereocenters. The minimum atomic E-state index is -0.968. The number of carboxylic acid groups (broad SMARTS) is 1. The van der Waals surface area contributed by atoms with Crippen molar-refractivity contribution in [1.82, 2.24) is 0 Å². The Morgan fingerprint density at radius 2 is 1.96 bits per heavy atom. The predicted octanol–water partition coefficient (Wildman–Crippen LogP) is 2.85. The van der Waals surface area contributed by atoms with Crippen molar-refractivity contribution in [1.29, 1.82) is 0 Å². The molecule has 0 heterocycles. The van der Waals surface area contributed by atoms with Crippen molar-refractivity contribution in [2.75, 3.05) is 10.6 Å². The third-order valence-electron chi connectivity index (χ3n) is 4.96. The van der Waals surface area contributed by atoms with Crippen molar-refractivity contribution >= 4 is 23.6 Å². The van der Waals surface area contributed by atoms with Gasteiger partial charge in [-0.1, -0.05) is 18.2 Å². The number of nitrogens with two attached hydrogens (primary N) is 1. The molecule has 28 heavy (non-hydrogen) atoms. The number of hydrogen-bond acceptors (Lipinski definition) is 6. The molecule has 0 saturated heterocycles. The number of anilines is 2. The van der Waals surface area contributed by atoms with E-state index in [4.69, 9.17) is 5.84 Å². The van der Waals surface area contributed by atoms with Gasteiger partial charge in [0.1, 0.15) is 0 Å². The maximum Gasteiger partial charge on any atom is 0.330 e. The van der Waals surface area contributed by atoms with E-state index in [0.717, 1.165) is 36.1 Å². The third kappa shape index (κ3) is 4.80. The third-order valence-corrected chi connectivity index (χ3v) is 4.96. The fourth-order valence-corrected chi connectivity index (χ4v) is 3.59. The van der Waals surface area contributed by atoms with Crippen LogP contribution in [-0.2, 0) is 4.79 Å². The Balaban J connectivity index is 1.82. The van der Waals surface area contributed by atoms with Gasteiger partial charge in [0.05, 0.1) is 18.4 Å². The van der Waals surface area contributed by atoms with Crippen LogP contribution in [0, 0.1) is 6.92 Å². The van der Waals surface area contributed by atoms with Gasteiger partial charge in [0, 0.05) is 11.4 Å². The summed E-state index contributed by atoms with van der Waals surface area (Å²) in [5.41, 5.74) is 3.94. The second-order valence-electron chi connectivity index (χ2n) is 7.20. The Labute approximate surface area is 164 Å². The van der Waals surface area contributed by atoms with Crippen molar-refractivity contribution in [3.63, 3.8) is 0 Å². The molecule has 0 radical (unpaired) electrons. The molecule has 0 aliphatic heterocycles. The number of aliphatic hydroxyl groups is 1. The minimum Gasteiger partial charge on any atom is -0.479 e. The predicted molar refractivity (Wildman–Crippen MR) is 111 cm³/mol. The monoisotopic (exact) mass is 382 g/mol. The second kappa shape index (κ2) is 8.75. The fraction of sp³-hybridized carbons (Fsp3) is 0.333. The number of hydrazone groups is 1. The number of carbonyl (C=O) groups is 1. The lowest BCUT2D eigenvalue weighted by atomic mass is 10.0. The number of hydrogen-bond donors (Lipinski definition) is 5. The number of carboxylic acids is 1. The van der Waals surface area contributed by atoms with E-state index in [-0.39, 0.29) is 12.1 Å². The van der Waals surface area contributed by atoms with Crippen LogP contribution in [-0.4, -0.2) is 34.5 Å². The van der Waals surface area contributed by atoms with E-state index in [1.165, 1.54) is 6.21 Å². The van der Waals surface area contributed by atoms with E-state index in [0.29, 0.717) is 11.3 Å². The quantitative estimate of drug-likeness (QED) is 0.285. The van der Waals surface area contributed by atoms with Crippen molar-refractivity contribution in [3.05, 3.63) is 59.2 Å². The number of aliphatic carboxylic acids is 1. The minimum absolute atomic E-state index is 0.00245. The molecule has 1 fully saturated rings. The van der Waals surface area contributed by atoms with Crippen LogP contribution < -0.4 is 16.5 Å². The van der Waals surface area contributed by atoms with E-state index in [2.05, 4.69) is 15.7 Å². The molecule has 0 bridgehead atoms. The highest BCUT2D eigenvalue weighted by Crippen LogP contribution is 2.28. The van der Waals surface area contributed by atoms with Gasteiger partial charge < -0.3 is 26.7 Å². The van der Waals surface area contributed by atoms with Gasteiger partial charge in [0.2, 0.25) is 0 Å². The van der Waals surface area contributed by atoms with Gasteiger partial charge in [-0.15, -0.1) is 0 Å². The highest BCUT2D eigenvalue weighted by Gasteiger charge is 2.26. The smallest absolute Gasteiger partial charge is 0.330 e. The number of aliphatic hydroxyl groups excluding tert-OH is 1. The molecule has 3 rings (SSSR count). The molecule has 3 atom stereocenters. The molecule has 148 valence electrons. The summed E-state index contributed by atoms with van der Waals surface area (Å²) in [6.45, 7) is 1.93. The van der Waals surface area contributed by atoms with Crippen molar-refractivity contribution in [2.24, 2.45) is 10.9 Å². The summed E-state index contributed by atoms with van der Waals surface area (Å²) < 4.78 is 0. The van der Waals surface area contributed by atoms with Crippen LogP contribution in [0.3, 0.4) is 0 Å². The molecule has 7 nitrogen and oxygen atoms in total. The molecule has 7 heteroatoms. The summed E-state index contributed by atoms with van der Waals surface area (Å²) >= 11 is 0. The fourth-order valence-electron chi connectivity index (χ4n) is 3.59. The molecule has 1 aliphatic carbocycles. The van der Waals surface area contributed by atoms with E-state index in [9.17, 15) is 15.0 Å². The molecule has 0 amide bonds. The first-order valence-corrected chi connectivity index (χ1v) is 9.35. The summed E-state index contributed by atoms with van der Waals surface area (Å²) in [5, 5.41) is 29.7. The summed E-state index contributed by atoms with van der Waals surface area (Å²) in [4.78, 5) is 11.9. The Bertz CT molecular complexity index is 851. The Kier molecular flexibility index (Phi) is 6.16. The maximum atomic E-state index is 11.9. The number of nitrogens with zero attached hydrogens (tertiary/aromatic N) is 1. The van der Waals surface area contributed by atoms with Gasteiger partial charge in [-0.25, -0.2) is 4.79 Å². The number of benzene rings is 2. The summed E-state index contributed by atoms with van der Waals surface area (Å²) in [6, 6.07) is 12.0. The lowest BCUT2D eigenvalue weighted by Gasteiger charge is -2.21. The largest absolute Gasteiger partial charge is 0.479 e. The van der Waals surface area contributed by atoms with Gasteiger partial charge in [-0.3, -0.25) is 0 Å². The van der Waals surface area contributed by atoms with Crippen LogP contribution in [0.25, 0.3) is 0 Å². The second-order valence-corrected chi connectivity index (χ2v) is 7.20. The zero-order valence-electron chi connectivity index (χ0n) is 15.8. The molecule has 1 saturated carbocycles. The summed E-state index contributed by atoms with van der Waals surface area (Å²) in [6.07, 6.45) is 3.84.